The Hall–Kier alpha value is -2.15. The zero-order valence-electron chi connectivity index (χ0n) is 12.6. The number of carbonyl (C=O) groups excluding carboxylic acids is 1. The van der Waals surface area contributed by atoms with Gasteiger partial charge in [-0.15, -0.1) is 0 Å². The predicted molar refractivity (Wildman–Crippen MR) is 85.6 cm³/mol. The molecule has 0 bridgehead atoms. The minimum absolute atomic E-state index is 0.0687. The quantitative estimate of drug-likeness (QED) is 0.862. The van der Waals surface area contributed by atoms with Gasteiger partial charge in [0, 0.05) is 37.9 Å². The van der Waals surface area contributed by atoms with Gasteiger partial charge in [0.25, 0.3) is 11.8 Å². The van der Waals surface area contributed by atoms with Crippen molar-refractivity contribution in [1.82, 2.24) is 14.9 Å². The Morgan fingerprint density at radius 3 is 3.00 bits per heavy atom. The predicted octanol–water partition coefficient (Wildman–Crippen LogP) is 1.90. The average Bonchev–Trinajstić information content (AvgIpc) is 3.24. The first-order valence-electron chi connectivity index (χ1n) is 7.10. The van der Waals surface area contributed by atoms with Crippen LogP contribution in [0, 0.1) is 0 Å². The molecule has 1 atom stereocenters. The van der Waals surface area contributed by atoms with Crippen molar-refractivity contribution in [3.05, 3.63) is 34.8 Å². The number of likely N-dealkylation sites (N-methyl/N-ethyl adjacent to an activating group) is 1. The summed E-state index contributed by atoms with van der Waals surface area (Å²) >= 11 is 1.54. The van der Waals surface area contributed by atoms with Crippen LogP contribution >= 0.6 is 11.3 Å². The average molecular weight is 318 g/mol. The van der Waals surface area contributed by atoms with Crippen molar-refractivity contribution in [1.29, 1.82) is 0 Å². The molecule has 1 aliphatic heterocycles. The van der Waals surface area contributed by atoms with Crippen LogP contribution in [-0.4, -0.2) is 54.1 Å². The van der Waals surface area contributed by atoms with Gasteiger partial charge in [-0.3, -0.25) is 4.79 Å². The molecule has 1 amide bonds. The minimum atomic E-state index is 0.0687. The van der Waals surface area contributed by atoms with Crippen LogP contribution in [-0.2, 0) is 0 Å². The van der Waals surface area contributed by atoms with Crippen LogP contribution in [0.25, 0.3) is 0 Å². The molecule has 1 fully saturated rings. The molecule has 0 aromatic carbocycles. The van der Waals surface area contributed by atoms with Gasteiger partial charge in [0.1, 0.15) is 0 Å². The van der Waals surface area contributed by atoms with Gasteiger partial charge in [-0.25, -0.2) is 9.97 Å². The number of hydrogen-bond donors (Lipinski definition) is 0. The molecule has 3 rings (SSSR count). The summed E-state index contributed by atoms with van der Waals surface area (Å²) in [5.41, 5.74) is 0.753. The van der Waals surface area contributed by atoms with Crippen LogP contribution in [0.1, 0.15) is 16.8 Å². The van der Waals surface area contributed by atoms with E-state index in [1.165, 1.54) is 11.3 Å². The van der Waals surface area contributed by atoms with E-state index < -0.39 is 0 Å². The van der Waals surface area contributed by atoms with Crippen LogP contribution in [0.3, 0.4) is 0 Å². The third kappa shape index (κ3) is 2.76. The first kappa shape index (κ1) is 14.8. The van der Waals surface area contributed by atoms with Gasteiger partial charge in [0.2, 0.25) is 0 Å². The Morgan fingerprint density at radius 1 is 1.45 bits per heavy atom. The number of rotatable bonds is 4. The number of anilines is 1. The van der Waals surface area contributed by atoms with E-state index in [1.807, 2.05) is 28.8 Å². The summed E-state index contributed by atoms with van der Waals surface area (Å²) in [4.78, 5) is 24.9. The van der Waals surface area contributed by atoms with E-state index in [0.29, 0.717) is 5.88 Å². The summed E-state index contributed by atoms with van der Waals surface area (Å²) in [6.45, 7) is 1.57. The van der Waals surface area contributed by atoms with Crippen LogP contribution in [0.4, 0.5) is 5.82 Å². The monoisotopic (exact) mass is 318 g/mol. The van der Waals surface area contributed by atoms with E-state index in [-0.39, 0.29) is 11.9 Å². The Morgan fingerprint density at radius 2 is 2.27 bits per heavy atom. The molecule has 0 aliphatic carbocycles. The van der Waals surface area contributed by atoms with Crippen LogP contribution < -0.4 is 9.64 Å². The molecule has 0 unspecified atom stereocenters. The maximum Gasteiger partial charge on any atom is 0.257 e. The lowest BCUT2D eigenvalue weighted by molar-refractivity contribution is 0.0745. The van der Waals surface area contributed by atoms with E-state index in [4.69, 9.17) is 4.74 Å². The molecule has 2 aromatic rings. The van der Waals surface area contributed by atoms with E-state index in [9.17, 15) is 4.79 Å². The lowest BCUT2D eigenvalue weighted by Crippen LogP contribution is -2.39. The van der Waals surface area contributed by atoms with E-state index >= 15 is 0 Å². The standard InChI is InChI=1S/C15H18N4O2S/c1-18(15(20)11-4-8-22-10-11)12-3-7-19(9-12)13-14(21-2)17-6-5-16-13/h4-6,8,10,12H,3,7,9H2,1-2H3/t12-/m0/s1. The highest BCUT2D eigenvalue weighted by atomic mass is 32.1. The van der Waals surface area contributed by atoms with E-state index in [0.717, 1.165) is 30.9 Å². The number of carbonyl (C=O) groups is 1. The fraction of sp³-hybridized carbons (Fsp3) is 0.400. The first-order chi connectivity index (χ1) is 10.7. The molecule has 0 N–H and O–H groups in total. The summed E-state index contributed by atoms with van der Waals surface area (Å²) in [5, 5.41) is 3.81. The summed E-state index contributed by atoms with van der Waals surface area (Å²) in [7, 11) is 3.45. The van der Waals surface area contributed by atoms with Crippen molar-refractivity contribution in [2.75, 3.05) is 32.1 Å². The Kier molecular flexibility index (Phi) is 4.24. The fourth-order valence-corrected chi connectivity index (χ4v) is 3.31. The number of methoxy groups -OCH3 is 1. The minimum Gasteiger partial charge on any atom is -0.478 e. The third-order valence-electron chi connectivity index (χ3n) is 3.94. The van der Waals surface area contributed by atoms with Gasteiger partial charge in [-0.05, 0) is 17.9 Å². The summed E-state index contributed by atoms with van der Waals surface area (Å²) in [6.07, 6.45) is 4.18. The maximum absolute atomic E-state index is 12.4. The number of amides is 1. The lowest BCUT2D eigenvalue weighted by Gasteiger charge is -2.25. The van der Waals surface area contributed by atoms with Crippen molar-refractivity contribution >= 4 is 23.1 Å². The molecule has 6 nitrogen and oxygen atoms in total. The number of aromatic nitrogens is 2. The van der Waals surface area contributed by atoms with Crippen LogP contribution in [0.2, 0.25) is 0 Å². The maximum atomic E-state index is 12.4. The smallest absolute Gasteiger partial charge is 0.257 e. The van der Waals surface area contributed by atoms with Crippen molar-refractivity contribution < 1.29 is 9.53 Å². The van der Waals surface area contributed by atoms with Crippen molar-refractivity contribution in [3.8, 4) is 5.88 Å². The van der Waals surface area contributed by atoms with Gasteiger partial charge < -0.3 is 14.5 Å². The van der Waals surface area contributed by atoms with Crippen molar-refractivity contribution in [3.63, 3.8) is 0 Å². The second kappa shape index (κ2) is 6.31. The molecule has 7 heteroatoms. The SMILES string of the molecule is COc1nccnc1N1CC[C@H](N(C)C(=O)c2ccsc2)C1. The van der Waals surface area contributed by atoms with Crippen molar-refractivity contribution in [2.24, 2.45) is 0 Å². The second-order valence-electron chi connectivity index (χ2n) is 5.21. The molecule has 0 spiro atoms. The fourth-order valence-electron chi connectivity index (χ4n) is 2.68. The molecule has 2 aromatic heterocycles. The van der Waals surface area contributed by atoms with Crippen LogP contribution in [0.5, 0.6) is 5.88 Å². The van der Waals surface area contributed by atoms with Gasteiger partial charge >= 0.3 is 0 Å². The number of hydrogen-bond acceptors (Lipinski definition) is 6. The molecule has 1 saturated heterocycles. The molecular formula is C15H18N4O2S. The molecule has 3 heterocycles. The Bertz CT molecular complexity index is 647. The lowest BCUT2D eigenvalue weighted by atomic mass is 10.2. The van der Waals surface area contributed by atoms with Gasteiger partial charge in [-0.1, -0.05) is 0 Å². The normalized spacial score (nSPS) is 17.5. The van der Waals surface area contributed by atoms with Gasteiger partial charge in [0.15, 0.2) is 5.82 Å². The topological polar surface area (TPSA) is 58.6 Å². The second-order valence-corrected chi connectivity index (χ2v) is 5.99. The molecule has 0 radical (unpaired) electrons. The molecule has 0 saturated carbocycles. The summed E-state index contributed by atoms with van der Waals surface area (Å²) in [6, 6.07) is 2.03. The van der Waals surface area contributed by atoms with Gasteiger partial charge in [-0.2, -0.15) is 11.3 Å². The summed E-state index contributed by atoms with van der Waals surface area (Å²) in [5.74, 6) is 1.33. The molecule has 116 valence electrons. The Labute approximate surface area is 133 Å². The Balaban J connectivity index is 1.71. The van der Waals surface area contributed by atoms with Gasteiger partial charge in [0.05, 0.1) is 18.7 Å². The van der Waals surface area contributed by atoms with E-state index in [2.05, 4.69) is 14.9 Å². The number of ether oxygens (including phenoxy) is 1. The largest absolute Gasteiger partial charge is 0.478 e. The zero-order valence-corrected chi connectivity index (χ0v) is 13.4. The molecule has 22 heavy (non-hydrogen) atoms. The molecular weight excluding hydrogens is 300 g/mol. The summed E-state index contributed by atoms with van der Waals surface area (Å²) < 4.78 is 5.27. The first-order valence-corrected chi connectivity index (χ1v) is 8.04. The molecule has 1 aliphatic rings. The highest BCUT2D eigenvalue weighted by molar-refractivity contribution is 7.08. The highest BCUT2D eigenvalue weighted by Crippen LogP contribution is 2.27. The number of nitrogens with zero attached hydrogens (tertiary/aromatic N) is 4. The van der Waals surface area contributed by atoms with E-state index in [1.54, 1.807) is 19.5 Å². The van der Waals surface area contributed by atoms with Crippen LogP contribution in [0.15, 0.2) is 29.2 Å². The highest BCUT2D eigenvalue weighted by Gasteiger charge is 2.31. The number of thiophene rings is 1. The van der Waals surface area contributed by atoms with Crippen molar-refractivity contribution in [2.45, 2.75) is 12.5 Å². The third-order valence-corrected chi connectivity index (χ3v) is 4.62. The zero-order chi connectivity index (χ0) is 15.5.